The summed E-state index contributed by atoms with van der Waals surface area (Å²) in [6.07, 6.45) is 9.84. The van der Waals surface area contributed by atoms with Crippen molar-refractivity contribution in [3.8, 4) is 0 Å². The average Bonchev–Trinajstić information content (AvgIpc) is 2.83. The number of ether oxygens (including phenoxy) is 1. The number of hydrogen-bond donors (Lipinski definition) is 0. The fourth-order valence-electron chi connectivity index (χ4n) is 3.96. The van der Waals surface area contributed by atoms with Crippen LogP contribution in [0.5, 0.6) is 0 Å². The van der Waals surface area contributed by atoms with Crippen LogP contribution in [-0.4, -0.2) is 29.2 Å². The SMILES string of the molecule is CC1(C)OCC2N1C(=O)c1ccccc1C21C=CCC=C1. The highest BCUT2D eigenvalue weighted by atomic mass is 16.5. The Morgan fingerprint density at radius 2 is 1.90 bits per heavy atom. The lowest BCUT2D eigenvalue weighted by Gasteiger charge is -2.47. The Balaban J connectivity index is 2.00. The summed E-state index contributed by atoms with van der Waals surface area (Å²) in [5.41, 5.74) is 1.09. The molecule has 1 atom stereocenters. The molecule has 3 aliphatic rings. The Bertz CT molecular complexity index is 660. The van der Waals surface area contributed by atoms with E-state index in [1.807, 2.05) is 36.9 Å². The second-order valence-corrected chi connectivity index (χ2v) is 6.47. The van der Waals surface area contributed by atoms with Crippen LogP contribution < -0.4 is 0 Å². The van der Waals surface area contributed by atoms with E-state index in [-0.39, 0.29) is 17.4 Å². The Morgan fingerprint density at radius 1 is 1.19 bits per heavy atom. The maximum Gasteiger partial charge on any atom is 0.256 e. The van der Waals surface area contributed by atoms with Gasteiger partial charge in [-0.3, -0.25) is 4.79 Å². The van der Waals surface area contributed by atoms with Gasteiger partial charge in [-0.2, -0.15) is 0 Å². The molecule has 4 rings (SSSR count). The molecule has 108 valence electrons. The average molecular weight is 281 g/mol. The number of benzene rings is 1. The third-order valence-electron chi connectivity index (χ3n) is 4.94. The molecule has 0 aromatic heterocycles. The lowest BCUT2D eigenvalue weighted by Crippen LogP contribution is -2.58. The van der Waals surface area contributed by atoms with Gasteiger partial charge < -0.3 is 9.64 Å². The molecule has 3 nitrogen and oxygen atoms in total. The topological polar surface area (TPSA) is 29.5 Å². The van der Waals surface area contributed by atoms with E-state index in [1.165, 1.54) is 0 Å². The normalized spacial score (nSPS) is 27.8. The number of hydrogen-bond acceptors (Lipinski definition) is 2. The first-order valence-electron chi connectivity index (χ1n) is 7.49. The van der Waals surface area contributed by atoms with Crippen molar-refractivity contribution in [2.45, 2.75) is 37.5 Å². The number of fused-ring (bicyclic) bond motifs is 4. The number of carbonyl (C=O) groups is 1. The van der Waals surface area contributed by atoms with Crippen LogP contribution in [-0.2, 0) is 10.2 Å². The van der Waals surface area contributed by atoms with Gasteiger partial charge in [0.15, 0.2) is 0 Å². The minimum absolute atomic E-state index is 0.0303. The van der Waals surface area contributed by atoms with Gasteiger partial charge in [0.05, 0.1) is 18.1 Å². The molecular weight excluding hydrogens is 262 g/mol. The molecule has 1 unspecified atom stereocenters. The first-order chi connectivity index (χ1) is 10.1. The molecule has 0 saturated carbocycles. The van der Waals surface area contributed by atoms with Crippen molar-refractivity contribution in [2.24, 2.45) is 0 Å². The van der Waals surface area contributed by atoms with Crippen LogP contribution in [0.25, 0.3) is 0 Å². The second kappa shape index (κ2) is 4.08. The highest BCUT2D eigenvalue weighted by molar-refractivity contribution is 5.99. The molecule has 2 aliphatic heterocycles. The summed E-state index contributed by atoms with van der Waals surface area (Å²) in [6, 6.07) is 7.99. The van der Waals surface area contributed by atoms with Gasteiger partial charge in [0.1, 0.15) is 5.72 Å². The highest BCUT2D eigenvalue weighted by Crippen LogP contribution is 2.48. The number of carbonyl (C=O) groups excluding carboxylic acids is 1. The summed E-state index contributed by atoms with van der Waals surface area (Å²) in [6.45, 7) is 4.52. The molecule has 2 heterocycles. The van der Waals surface area contributed by atoms with E-state index < -0.39 is 5.72 Å². The minimum Gasteiger partial charge on any atom is -0.354 e. The zero-order valence-electron chi connectivity index (χ0n) is 12.4. The van der Waals surface area contributed by atoms with E-state index in [1.54, 1.807) is 0 Å². The molecule has 1 spiro atoms. The van der Waals surface area contributed by atoms with Crippen molar-refractivity contribution in [3.05, 3.63) is 59.7 Å². The molecule has 21 heavy (non-hydrogen) atoms. The monoisotopic (exact) mass is 281 g/mol. The number of allylic oxidation sites excluding steroid dienone is 2. The number of amides is 1. The fraction of sp³-hybridized carbons (Fsp3) is 0.389. The quantitative estimate of drug-likeness (QED) is 0.684. The van der Waals surface area contributed by atoms with E-state index in [2.05, 4.69) is 30.4 Å². The van der Waals surface area contributed by atoms with Crippen LogP contribution in [0.2, 0.25) is 0 Å². The van der Waals surface area contributed by atoms with Crippen molar-refractivity contribution >= 4 is 5.91 Å². The third kappa shape index (κ3) is 1.55. The van der Waals surface area contributed by atoms with Gasteiger partial charge >= 0.3 is 0 Å². The number of rotatable bonds is 0. The molecule has 1 fully saturated rings. The van der Waals surface area contributed by atoms with Gasteiger partial charge in [0.2, 0.25) is 0 Å². The van der Waals surface area contributed by atoms with Crippen LogP contribution in [0.1, 0.15) is 36.2 Å². The molecule has 1 aliphatic carbocycles. The first-order valence-corrected chi connectivity index (χ1v) is 7.49. The van der Waals surface area contributed by atoms with Crippen molar-refractivity contribution < 1.29 is 9.53 Å². The Hall–Kier alpha value is -1.87. The summed E-state index contributed by atoms with van der Waals surface area (Å²) in [7, 11) is 0. The summed E-state index contributed by atoms with van der Waals surface area (Å²) in [5.74, 6) is 0.0797. The van der Waals surface area contributed by atoms with E-state index >= 15 is 0 Å². The molecule has 1 amide bonds. The maximum absolute atomic E-state index is 12.9. The lowest BCUT2D eigenvalue weighted by molar-refractivity contribution is -0.0424. The molecule has 0 radical (unpaired) electrons. The van der Waals surface area contributed by atoms with Crippen molar-refractivity contribution in [2.75, 3.05) is 6.61 Å². The zero-order valence-corrected chi connectivity index (χ0v) is 12.4. The van der Waals surface area contributed by atoms with E-state index in [0.29, 0.717) is 6.61 Å². The predicted octanol–water partition coefficient (Wildman–Crippen LogP) is 3.03. The maximum atomic E-state index is 12.9. The first kappa shape index (κ1) is 12.8. The summed E-state index contributed by atoms with van der Waals surface area (Å²) in [5, 5.41) is 0. The Kier molecular flexibility index (Phi) is 2.49. The number of nitrogens with zero attached hydrogens (tertiary/aromatic N) is 1. The van der Waals surface area contributed by atoms with Crippen LogP contribution >= 0.6 is 0 Å². The Morgan fingerprint density at radius 3 is 2.67 bits per heavy atom. The molecule has 0 bridgehead atoms. The van der Waals surface area contributed by atoms with Gasteiger partial charge in [-0.15, -0.1) is 0 Å². The standard InChI is InChI=1S/C18H19NO2/c1-17(2)19-15(12-21-17)18(10-6-3-7-11-18)14-9-5-4-8-13(14)16(19)20/h4-11,15H,3,12H2,1-2H3. The third-order valence-corrected chi connectivity index (χ3v) is 4.94. The van der Waals surface area contributed by atoms with Crippen LogP contribution in [0.15, 0.2) is 48.6 Å². The van der Waals surface area contributed by atoms with E-state index in [4.69, 9.17) is 4.74 Å². The van der Waals surface area contributed by atoms with Crippen LogP contribution in [0, 0.1) is 0 Å². The molecule has 3 heteroatoms. The van der Waals surface area contributed by atoms with Crippen molar-refractivity contribution in [1.29, 1.82) is 0 Å². The van der Waals surface area contributed by atoms with Crippen molar-refractivity contribution in [3.63, 3.8) is 0 Å². The Labute approximate surface area is 124 Å². The van der Waals surface area contributed by atoms with E-state index in [0.717, 1.165) is 17.5 Å². The minimum atomic E-state index is -0.554. The van der Waals surface area contributed by atoms with Crippen LogP contribution in [0.4, 0.5) is 0 Å². The molecule has 0 N–H and O–H groups in total. The van der Waals surface area contributed by atoms with Crippen LogP contribution in [0.3, 0.4) is 0 Å². The van der Waals surface area contributed by atoms with E-state index in [9.17, 15) is 4.79 Å². The van der Waals surface area contributed by atoms with Gasteiger partial charge in [0, 0.05) is 5.56 Å². The summed E-state index contributed by atoms with van der Waals surface area (Å²) < 4.78 is 5.95. The molecule has 1 saturated heterocycles. The molecule has 1 aromatic rings. The van der Waals surface area contributed by atoms with Gasteiger partial charge in [-0.05, 0) is 31.9 Å². The molecular formula is C18H19NO2. The summed E-state index contributed by atoms with van der Waals surface area (Å²) in [4.78, 5) is 14.9. The smallest absolute Gasteiger partial charge is 0.256 e. The zero-order chi connectivity index (χ0) is 14.7. The summed E-state index contributed by atoms with van der Waals surface area (Å²) >= 11 is 0. The largest absolute Gasteiger partial charge is 0.354 e. The van der Waals surface area contributed by atoms with Gasteiger partial charge in [-0.25, -0.2) is 0 Å². The fourth-order valence-corrected chi connectivity index (χ4v) is 3.96. The highest BCUT2D eigenvalue weighted by Gasteiger charge is 2.56. The second-order valence-electron chi connectivity index (χ2n) is 6.47. The predicted molar refractivity (Wildman–Crippen MR) is 81.0 cm³/mol. The molecule has 1 aromatic carbocycles. The van der Waals surface area contributed by atoms with Crippen molar-refractivity contribution in [1.82, 2.24) is 4.90 Å². The van der Waals surface area contributed by atoms with Gasteiger partial charge in [-0.1, -0.05) is 42.5 Å². The van der Waals surface area contributed by atoms with Gasteiger partial charge in [0.25, 0.3) is 5.91 Å². The lowest BCUT2D eigenvalue weighted by atomic mass is 9.67.